The van der Waals surface area contributed by atoms with Gasteiger partial charge in [-0.2, -0.15) is 0 Å². The summed E-state index contributed by atoms with van der Waals surface area (Å²) in [7, 11) is 0. The average Bonchev–Trinajstić information content (AvgIpc) is 2.01. The smallest absolute Gasteiger partial charge is 0.0651 e. The molecular formula is C10H14BrNO. The Morgan fingerprint density at radius 1 is 1.31 bits per heavy atom. The van der Waals surface area contributed by atoms with Gasteiger partial charge in [0, 0.05) is 4.47 Å². The van der Waals surface area contributed by atoms with Gasteiger partial charge in [-0.05, 0) is 39.0 Å². The number of hydrogen-bond donors (Lipinski definition) is 1. The Morgan fingerprint density at radius 2 is 1.92 bits per heavy atom. The summed E-state index contributed by atoms with van der Waals surface area (Å²) in [6, 6.07) is 7.58. The van der Waals surface area contributed by atoms with E-state index in [1.165, 1.54) is 5.06 Å². The van der Waals surface area contributed by atoms with Gasteiger partial charge in [0.05, 0.1) is 11.2 Å². The van der Waals surface area contributed by atoms with Crippen molar-refractivity contribution >= 4 is 21.6 Å². The largest absolute Gasteiger partial charge is 0.288 e. The van der Waals surface area contributed by atoms with Gasteiger partial charge in [-0.3, -0.25) is 10.3 Å². The van der Waals surface area contributed by atoms with Gasteiger partial charge in [0.15, 0.2) is 0 Å². The minimum atomic E-state index is -0.277. The third kappa shape index (κ3) is 2.71. The van der Waals surface area contributed by atoms with Crippen LogP contribution in [0.1, 0.15) is 20.8 Å². The number of anilines is 1. The molecule has 0 saturated carbocycles. The standard InChI is InChI=1S/C10H14BrNO/c1-10(2,3)12(13)9-6-4-5-8(11)7-9/h4-7,13H,1-3H3. The molecule has 0 aliphatic heterocycles. The van der Waals surface area contributed by atoms with E-state index in [-0.39, 0.29) is 5.54 Å². The summed E-state index contributed by atoms with van der Waals surface area (Å²) in [6.07, 6.45) is 0. The number of hydrogen-bond acceptors (Lipinski definition) is 2. The molecule has 1 aromatic carbocycles. The quantitative estimate of drug-likeness (QED) is 0.765. The molecule has 3 heteroatoms. The van der Waals surface area contributed by atoms with Crippen molar-refractivity contribution in [2.24, 2.45) is 0 Å². The van der Waals surface area contributed by atoms with Gasteiger partial charge in [0.2, 0.25) is 0 Å². The highest BCUT2D eigenvalue weighted by Gasteiger charge is 2.19. The lowest BCUT2D eigenvalue weighted by Gasteiger charge is -2.31. The summed E-state index contributed by atoms with van der Waals surface area (Å²) in [4.78, 5) is 0. The van der Waals surface area contributed by atoms with Crippen molar-refractivity contribution < 1.29 is 5.21 Å². The first-order chi connectivity index (χ1) is 5.91. The molecular weight excluding hydrogens is 230 g/mol. The third-order valence-electron chi connectivity index (χ3n) is 1.69. The Labute approximate surface area is 87.3 Å². The second-order valence-electron chi connectivity index (χ2n) is 3.96. The molecule has 72 valence electrons. The minimum Gasteiger partial charge on any atom is -0.288 e. The molecule has 0 atom stereocenters. The van der Waals surface area contributed by atoms with Crippen molar-refractivity contribution in [1.29, 1.82) is 0 Å². The van der Waals surface area contributed by atoms with Crippen LogP contribution < -0.4 is 5.06 Å². The molecule has 0 aromatic heterocycles. The van der Waals surface area contributed by atoms with Crippen molar-refractivity contribution in [2.45, 2.75) is 26.3 Å². The Balaban J connectivity index is 2.96. The van der Waals surface area contributed by atoms with Crippen LogP contribution in [-0.2, 0) is 0 Å². The van der Waals surface area contributed by atoms with E-state index in [1.807, 2.05) is 45.0 Å². The third-order valence-corrected chi connectivity index (χ3v) is 2.18. The molecule has 0 fully saturated rings. The topological polar surface area (TPSA) is 23.5 Å². The number of nitrogens with zero attached hydrogens (tertiary/aromatic N) is 1. The monoisotopic (exact) mass is 243 g/mol. The predicted molar refractivity (Wildman–Crippen MR) is 58.2 cm³/mol. The van der Waals surface area contributed by atoms with Gasteiger partial charge >= 0.3 is 0 Å². The molecule has 2 nitrogen and oxygen atoms in total. The summed E-state index contributed by atoms with van der Waals surface area (Å²) in [6.45, 7) is 5.86. The molecule has 0 bridgehead atoms. The summed E-state index contributed by atoms with van der Waals surface area (Å²) in [5.74, 6) is 0. The van der Waals surface area contributed by atoms with E-state index in [0.717, 1.165) is 10.2 Å². The number of rotatable bonds is 1. The SMILES string of the molecule is CC(C)(C)N(O)c1cccc(Br)c1. The number of hydroxylamine groups is 1. The van der Waals surface area contributed by atoms with Crippen LogP contribution in [0.15, 0.2) is 28.7 Å². The lowest BCUT2D eigenvalue weighted by molar-refractivity contribution is 0.181. The van der Waals surface area contributed by atoms with Crippen molar-refractivity contribution in [1.82, 2.24) is 0 Å². The summed E-state index contributed by atoms with van der Waals surface area (Å²) in [5, 5.41) is 11.1. The van der Waals surface area contributed by atoms with Crippen molar-refractivity contribution in [3.8, 4) is 0 Å². The van der Waals surface area contributed by atoms with Crippen LogP contribution in [-0.4, -0.2) is 10.7 Å². The zero-order valence-electron chi connectivity index (χ0n) is 8.08. The van der Waals surface area contributed by atoms with E-state index >= 15 is 0 Å². The van der Waals surface area contributed by atoms with Gasteiger partial charge in [-0.15, -0.1) is 0 Å². The number of benzene rings is 1. The Kier molecular flexibility index (Phi) is 2.98. The predicted octanol–water partition coefficient (Wildman–Crippen LogP) is 3.44. The van der Waals surface area contributed by atoms with Gasteiger partial charge in [-0.1, -0.05) is 22.0 Å². The fraction of sp³-hybridized carbons (Fsp3) is 0.400. The van der Waals surface area contributed by atoms with Crippen LogP contribution in [0.5, 0.6) is 0 Å². The van der Waals surface area contributed by atoms with Crippen molar-refractivity contribution in [3.63, 3.8) is 0 Å². The van der Waals surface area contributed by atoms with Crippen LogP contribution in [0.3, 0.4) is 0 Å². The van der Waals surface area contributed by atoms with E-state index in [4.69, 9.17) is 0 Å². The second-order valence-corrected chi connectivity index (χ2v) is 4.88. The van der Waals surface area contributed by atoms with Crippen LogP contribution in [0, 0.1) is 0 Å². The first-order valence-corrected chi connectivity index (χ1v) is 4.95. The molecule has 1 N–H and O–H groups in total. The highest BCUT2D eigenvalue weighted by Crippen LogP contribution is 2.24. The Hall–Kier alpha value is -0.540. The lowest BCUT2D eigenvalue weighted by Crippen LogP contribution is -2.38. The zero-order chi connectivity index (χ0) is 10.1. The van der Waals surface area contributed by atoms with E-state index < -0.39 is 0 Å². The van der Waals surface area contributed by atoms with Crippen molar-refractivity contribution in [2.75, 3.05) is 5.06 Å². The molecule has 0 unspecified atom stereocenters. The van der Waals surface area contributed by atoms with Gasteiger partial charge < -0.3 is 0 Å². The molecule has 0 aliphatic carbocycles. The highest BCUT2D eigenvalue weighted by atomic mass is 79.9. The lowest BCUT2D eigenvalue weighted by atomic mass is 10.1. The maximum atomic E-state index is 9.79. The average molecular weight is 244 g/mol. The fourth-order valence-corrected chi connectivity index (χ4v) is 1.38. The normalized spacial score (nSPS) is 11.5. The summed E-state index contributed by atoms with van der Waals surface area (Å²) >= 11 is 3.36. The minimum absolute atomic E-state index is 0.277. The maximum absolute atomic E-state index is 9.79. The van der Waals surface area contributed by atoms with Gasteiger partial charge in [0.1, 0.15) is 0 Å². The highest BCUT2D eigenvalue weighted by molar-refractivity contribution is 9.10. The molecule has 0 spiro atoms. The van der Waals surface area contributed by atoms with Crippen LogP contribution >= 0.6 is 15.9 Å². The molecule has 0 radical (unpaired) electrons. The van der Waals surface area contributed by atoms with Gasteiger partial charge in [0.25, 0.3) is 0 Å². The van der Waals surface area contributed by atoms with Gasteiger partial charge in [-0.25, -0.2) is 0 Å². The molecule has 0 amide bonds. The van der Waals surface area contributed by atoms with Crippen LogP contribution in [0.4, 0.5) is 5.69 Å². The molecule has 1 aromatic rings. The molecule has 0 heterocycles. The first-order valence-electron chi connectivity index (χ1n) is 4.16. The van der Waals surface area contributed by atoms with Crippen molar-refractivity contribution in [3.05, 3.63) is 28.7 Å². The molecule has 0 saturated heterocycles. The zero-order valence-corrected chi connectivity index (χ0v) is 9.67. The maximum Gasteiger partial charge on any atom is 0.0651 e. The van der Waals surface area contributed by atoms with E-state index in [2.05, 4.69) is 15.9 Å². The Morgan fingerprint density at radius 3 is 2.38 bits per heavy atom. The first kappa shape index (κ1) is 10.5. The fourth-order valence-electron chi connectivity index (χ4n) is 0.995. The summed E-state index contributed by atoms with van der Waals surface area (Å²) < 4.78 is 0.966. The van der Waals surface area contributed by atoms with E-state index in [0.29, 0.717) is 0 Å². The molecule has 1 rings (SSSR count). The molecule has 13 heavy (non-hydrogen) atoms. The van der Waals surface area contributed by atoms with Crippen LogP contribution in [0.2, 0.25) is 0 Å². The van der Waals surface area contributed by atoms with Crippen LogP contribution in [0.25, 0.3) is 0 Å². The molecule has 0 aliphatic rings. The number of halogens is 1. The van der Waals surface area contributed by atoms with E-state index in [1.54, 1.807) is 0 Å². The summed E-state index contributed by atoms with van der Waals surface area (Å²) in [5.41, 5.74) is 0.516. The van der Waals surface area contributed by atoms with E-state index in [9.17, 15) is 5.21 Å². The second kappa shape index (κ2) is 3.68. The Bertz CT molecular complexity index is 293.